The number of ether oxygens (including phenoxy) is 1. The van der Waals surface area contributed by atoms with Gasteiger partial charge in [0.05, 0.1) is 7.11 Å². The molecule has 3 rings (SSSR count). The van der Waals surface area contributed by atoms with Crippen LogP contribution in [0.3, 0.4) is 0 Å². The van der Waals surface area contributed by atoms with E-state index in [0.29, 0.717) is 6.42 Å². The van der Waals surface area contributed by atoms with Crippen LogP contribution in [0.4, 0.5) is 0 Å². The lowest BCUT2D eigenvalue weighted by Gasteiger charge is -2.05. The molecule has 0 saturated heterocycles. The molecule has 0 aliphatic heterocycles. The molecule has 0 radical (unpaired) electrons. The summed E-state index contributed by atoms with van der Waals surface area (Å²) in [4.78, 5) is 4.58. The molecule has 96 valence electrons. The van der Waals surface area contributed by atoms with Crippen LogP contribution in [0.1, 0.15) is 17.0 Å². The number of hydrogen-bond donors (Lipinski definition) is 0. The smallest absolute Gasteiger partial charge is 0.158 e. The Kier molecular flexibility index (Phi) is 2.91. The van der Waals surface area contributed by atoms with Crippen molar-refractivity contribution < 1.29 is 4.74 Å². The quantitative estimate of drug-likeness (QED) is 0.720. The van der Waals surface area contributed by atoms with E-state index in [-0.39, 0.29) is 0 Å². The summed E-state index contributed by atoms with van der Waals surface area (Å²) in [5.41, 5.74) is 3.13. The fraction of sp³-hybridized carbons (Fsp3) is 0.200. The van der Waals surface area contributed by atoms with Crippen LogP contribution in [0.25, 0.3) is 5.65 Å². The van der Waals surface area contributed by atoms with Crippen molar-refractivity contribution in [1.82, 2.24) is 14.6 Å². The van der Waals surface area contributed by atoms with Crippen molar-refractivity contribution in [3.05, 3.63) is 59.5 Å². The molecule has 0 bridgehead atoms. The maximum atomic E-state index is 5.35. The molecule has 0 aliphatic carbocycles. The van der Waals surface area contributed by atoms with Gasteiger partial charge in [-0.2, -0.15) is 5.10 Å². The monoisotopic (exact) mass is 253 g/mol. The number of para-hydroxylation sites is 1. The maximum absolute atomic E-state index is 5.35. The minimum Gasteiger partial charge on any atom is -0.496 e. The van der Waals surface area contributed by atoms with Gasteiger partial charge in [-0.15, -0.1) is 0 Å². The van der Waals surface area contributed by atoms with Crippen LogP contribution in [0.15, 0.2) is 42.6 Å². The Balaban J connectivity index is 1.99. The number of nitrogens with zero attached hydrogens (tertiary/aromatic N) is 3. The number of fused-ring (bicyclic) bond motifs is 1. The second-order valence-electron chi connectivity index (χ2n) is 4.48. The SMILES string of the molecule is COc1ccccc1Cc1nc2c(C)cccn2n1. The minimum atomic E-state index is 0.672. The molecule has 0 saturated carbocycles. The largest absolute Gasteiger partial charge is 0.496 e. The average molecular weight is 253 g/mol. The zero-order valence-corrected chi connectivity index (χ0v) is 11.0. The van der Waals surface area contributed by atoms with Crippen molar-refractivity contribution in [3.63, 3.8) is 0 Å². The molecule has 1 aromatic carbocycles. The Hall–Kier alpha value is -2.36. The van der Waals surface area contributed by atoms with Gasteiger partial charge < -0.3 is 4.74 Å². The first-order chi connectivity index (χ1) is 9.28. The van der Waals surface area contributed by atoms with Gasteiger partial charge in [-0.1, -0.05) is 24.3 Å². The van der Waals surface area contributed by atoms with Crippen LogP contribution in [-0.4, -0.2) is 21.7 Å². The Morgan fingerprint density at radius 2 is 2.00 bits per heavy atom. The van der Waals surface area contributed by atoms with E-state index in [2.05, 4.69) is 10.1 Å². The van der Waals surface area contributed by atoms with Gasteiger partial charge in [-0.25, -0.2) is 9.50 Å². The Labute approximate surface area is 111 Å². The van der Waals surface area contributed by atoms with Crippen molar-refractivity contribution in [2.75, 3.05) is 7.11 Å². The van der Waals surface area contributed by atoms with E-state index in [1.54, 1.807) is 7.11 Å². The lowest BCUT2D eigenvalue weighted by Crippen LogP contribution is -1.95. The Bertz CT molecular complexity index is 718. The van der Waals surface area contributed by atoms with Crippen LogP contribution < -0.4 is 4.74 Å². The number of pyridine rings is 1. The van der Waals surface area contributed by atoms with E-state index in [4.69, 9.17) is 4.74 Å². The van der Waals surface area contributed by atoms with E-state index in [9.17, 15) is 0 Å². The molecule has 2 heterocycles. The van der Waals surface area contributed by atoms with Crippen LogP contribution >= 0.6 is 0 Å². The third-order valence-electron chi connectivity index (χ3n) is 3.14. The molecular formula is C15H15N3O. The highest BCUT2D eigenvalue weighted by Crippen LogP contribution is 2.20. The standard InChI is InChI=1S/C15H15N3O/c1-11-6-5-9-18-15(11)16-14(17-18)10-12-7-3-4-8-13(12)19-2/h3-9H,10H2,1-2H3. The molecule has 2 aromatic heterocycles. The molecule has 0 fully saturated rings. The topological polar surface area (TPSA) is 39.4 Å². The van der Waals surface area contributed by atoms with Crippen molar-refractivity contribution >= 4 is 5.65 Å². The summed E-state index contributed by atoms with van der Waals surface area (Å²) in [5.74, 6) is 1.68. The molecule has 0 unspecified atom stereocenters. The first kappa shape index (κ1) is 11.7. The highest BCUT2D eigenvalue weighted by atomic mass is 16.5. The number of rotatable bonds is 3. The third kappa shape index (κ3) is 2.17. The summed E-state index contributed by atoms with van der Waals surface area (Å²) < 4.78 is 7.17. The lowest BCUT2D eigenvalue weighted by molar-refractivity contribution is 0.410. The zero-order chi connectivity index (χ0) is 13.2. The van der Waals surface area contributed by atoms with Gasteiger partial charge in [0, 0.05) is 18.2 Å². The summed E-state index contributed by atoms with van der Waals surface area (Å²) in [5, 5.41) is 4.49. The predicted molar refractivity (Wildman–Crippen MR) is 73.5 cm³/mol. The van der Waals surface area contributed by atoms with Gasteiger partial charge in [0.2, 0.25) is 0 Å². The fourth-order valence-electron chi connectivity index (χ4n) is 2.18. The Morgan fingerprint density at radius 3 is 2.79 bits per heavy atom. The van der Waals surface area contributed by atoms with Crippen molar-refractivity contribution in [1.29, 1.82) is 0 Å². The van der Waals surface area contributed by atoms with Crippen LogP contribution in [0, 0.1) is 6.92 Å². The van der Waals surface area contributed by atoms with Gasteiger partial charge in [0.25, 0.3) is 0 Å². The first-order valence-corrected chi connectivity index (χ1v) is 6.20. The Morgan fingerprint density at radius 1 is 1.16 bits per heavy atom. The molecule has 0 atom stereocenters. The van der Waals surface area contributed by atoms with E-state index >= 15 is 0 Å². The highest BCUT2D eigenvalue weighted by Gasteiger charge is 2.09. The number of aryl methyl sites for hydroxylation is 1. The minimum absolute atomic E-state index is 0.672. The van der Waals surface area contributed by atoms with Crippen LogP contribution in [-0.2, 0) is 6.42 Å². The molecule has 3 aromatic rings. The van der Waals surface area contributed by atoms with Crippen molar-refractivity contribution in [2.45, 2.75) is 13.3 Å². The second kappa shape index (κ2) is 4.72. The first-order valence-electron chi connectivity index (χ1n) is 6.20. The molecule has 0 N–H and O–H groups in total. The van der Waals surface area contributed by atoms with Crippen LogP contribution in [0.5, 0.6) is 5.75 Å². The molecule has 4 heteroatoms. The van der Waals surface area contributed by atoms with Gasteiger partial charge in [-0.3, -0.25) is 0 Å². The number of methoxy groups -OCH3 is 1. The summed E-state index contributed by atoms with van der Waals surface area (Å²) >= 11 is 0. The highest BCUT2D eigenvalue weighted by molar-refractivity contribution is 5.46. The number of benzene rings is 1. The van der Waals surface area contributed by atoms with Gasteiger partial charge >= 0.3 is 0 Å². The summed E-state index contributed by atoms with van der Waals surface area (Å²) in [7, 11) is 1.68. The van der Waals surface area contributed by atoms with Gasteiger partial charge in [0.15, 0.2) is 11.5 Å². The molecule has 0 aliphatic rings. The molecule has 0 amide bonds. The van der Waals surface area contributed by atoms with Crippen molar-refractivity contribution in [3.8, 4) is 5.75 Å². The van der Waals surface area contributed by atoms with E-state index in [1.807, 2.05) is 54.0 Å². The number of hydrogen-bond acceptors (Lipinski definition) is 3. The van der Waals surface area contributed by atoms with E-state index in [0.717, 1.165) is 28.3 Å². The lowest BCUT2D eigenvalue weighted by atomic mass is 10.1. The van der Waals surface area contributed by atoms with Crippen LogP contribution in [0.2, 0.25) is 0 Å². The molecule has 19 heavy (non-hydrogen) atoms. The summed E-state index contributed by atoms with van der Waals surface area (Å²) in [6.45, 7) is 2.04. The van der Waals surface area contributed by atoms with E-state index in [1.165, 1.54) is 0 Å². The second-order valence-corrected chi connectivity index (χ2v) is 4.48. The van der Waals surface area contributed by atoms with Gasteiger partial charge in [-0.05, 0) is 24.6 Å². The molecule has 4 nitrogen and oxygen atoms in total. The molecular weight excluding hydrogens is 238 g/mol. The summed E-state index contributed by atoms with van der Waals surface area (Å²) in [6.07, 6.45) is 2.59. The zero-order valence-electron chi connectivity index (χ0n) is 11.0. The summed E-state index contributed by atoms with van der Waals surface area (Å²) in [6, 6.07) is 12.0. The maximum Gasteiger partial charge on any atom is 0.158 e. The molecule has 0 spiro atoms. The third-order valence-corrected chi connectivity index (χ3v) is 3.14. The predicted octanol–water partition coefficient (Wildman–Crippen LogP) is 2.64. The fourth-order valence-corrected chi connectivity index (χ4v) is 2.18. The van der Waals surface area contributed by atoms with Gasteiger partial charge in [0.1, 0.15) is 5.75 Å². The number of aromatic nitrogens is 3. The average Bonchev–Trinajstić information content (AvgIpc) is 2.83. The van der Waals surface area contributed by atoms with Crippen molar-refractivity contribution in [2.24, 2.45) is 0 Å². The normalized spacial score (nSPS) is 10.8. The van der Waals surface area contributed by atoms with E-state index < -0.39 is 0 Å².